The van der Waals surface area contributed by atoms with Crippen molar-refractivity contribution < 1.29 is 4.79 Å². The molecule has 7 heteroatoms. The van der Waals surface area contributed by atoms with Crippen LogP contribution in [0.5, 0.6) is 0 Å². The van der Waals surface area contributed by atoms with E-state index < -0.39 is 0 Å². The summed E-state index contributed by atoms with van der Waals surface area (Å²) in [6.45, 7) is 0.336. The van der Waals surface area contributed by atoms with Crippen LogP contribution in [0.1, 0.15) is 31.5 Å². The zero-order valence-corrected chi connectivity index (χ0v) is 13.0. The minimum atomic E-state index is 0. The molecule has 0 aliphatic heterocycles. The maximum absolute atomic E-state index is 11.9. The summed E-state index contributed by atoms with van der Waals surface area (Å²) in [6.07, 6.45) is 4.25. The normalized spacial score (nSPS) is 14.0. The molecule has 1 aromatic heterocycles. The molecule has 0 radical (unpaired) electrons. The standard InChI is InChI=1S/C15H19N5O.ClH/c16-9-13-18-15(20-19-13)11-4-6-12(7-5-11)17-14(21)8-10-2-1-3-10;/h4-7,10H,1-3,8-9,16H2,(H,17,21)(H,18,19,20);1H. The molecule has 0 spiro atoms. The Balaban J connectivity index is 0.00000176. The average molecular weight is 322 g/mol. The summed E-state index contributed by atoms with van der Waals surface area (Å²) in [7, 11) is 0. The van der Waals surface area contributed by atoms with Gasteiger partial charge < -0.3 is 11.1 Å². The maximum Gasteiger partial charge on any atom is 0.224 e. The number of carbonyl (C=O) groups is 1. The maximum atomic E-state index is 11.9. The van der Waals surface area contributed by atoms with Crippen molar-refractivity contribution in [3.63, 3.8) is 0 Å². The molecule has 4 N–H and O–H groups in total. The number of rotatable bonds is 5. The molecule has 2 aromatic rings. The Labute approximate surface area is 135 Å². The highest BCUT2D eigenvalue weighted by Crippen LogP contribution is 2.29. The second-order valence-electron chi connectivity index (χ2n) is 5.44. The zero-order chi connectivity index (χ0) is 14.7. The van der Waals surface area contributed by atoms with Crippen LogP contribution in [-0.2, 0) is 11.3 Å². The molecule has 1 amide bonds. The van der Waals surface area contributed by atoms with E-state index in [0.29, 0.717) is 30.5 Å². The fraction of sp³-hybridized carbons (Fsp3) is 0.400. The van der Waals surface area contributed by atoms with Crippen LogP contribution in [0.3, 0.4) is 0 Å². The van der Waals surface area contributed by atoms with Gasteiger partial charge in [-0.05, 0) is 43.0 Å². The van der Waals surface area contributed by atoms with Crippen LogP contribution in [0.25, 0.3) is 11.4 Å². The number of hydrogen-bond acceptors (Lipinski definition) is 4. The molecule has 1 saturated carbocycles. The van der Waals surface area contributed by atoms with Crippen LogP contribution in [0, 0.1) is 5.92 Å². The lowest BCUT2D eigenvalue weighted by Gasteiger charge is -2.24. The van der Waals surface area contributed by atoms with E-state index in [2.05, 4.69) is 20.5 Å². The summed E-state index contributed by atoms with van der Waals surface area (Å²) in [5.41, 5.74) is 7.19. The van der Waals surface area contributed by atoms with Gasteiger partial charge in [0, 0.05) is 17.7 Å². The molecule has 6 nitrogen and oxygen atoms in total. The minimum Gasteiger partial charge on any atom is -0.326 e. The van der Waals surface area contributed by atoms with Crippen molar-refractivity contribution in [1.82, 2.24) is 15.2 Å². The molecule has 0 atom stereocenters. The van der Waals surface area contributed by atoms with E-state index in [1.807, 2.05) is 24.3 Å². The number of aromatic amines is 1. The third-order valence-electron chi connectivity index (χ3n) is 3.85. The Hall–Kier alpha value is -1.92. The van der Waals surface area contributed by atoms with Crippen LogP contribution in [-0.4, -0.2) is 21.1 Å². The molecule has 1 aliphatic rings. The largest absolute Gasteiger partial charge is 0.326 e. The number of nitrogens with zero attached hydrogens (tertiary/aromatic N) is 2. The molecule has 1 fully saturated rings. The number of aromatic nitrogens is 3. The van der Waals surface area contributed by atoms with Gasteiger partial charge in [0.2, 0.25) is 5.91 Å². The van der Waals surface area contributed by atoms with Crippen LogP contribution >= 0.6 is 12.4 Å². The lowest BCUT2D eigenvalue weighted by atomic mass is 9.83. The molecular weight excluding hydrogens is 302 g/mol. The van der Waals surface area contributed by atoms with Gasteiger partial charge in [-0.2, -0.15) is 5.10 Å². The summed E-state index contributed by atoms with van der Waals surface area (Å²) >= 11 is 0. The number of anilines is 1. The first-order valence-electron chi connectivity index (χ1n) is 7.26. The summed E-state index contributed by atoms with van der Waals surface area (Å²) < 4.78 is 0. The number of benzene rings is 1. The van der Waals surface area contributed by atoms with Crippen molar-refractivity contribution in [3.8, 4) is 11.4 Å². The Kier molecular flexibility index (Phi) is 5.51. The van der Waals surface area contributed by atoms with E-state index in [1.165, 1.54) is 19.3 Å². The Morgan fingerprint density at radius 3 is 2.59 bits per heavy atom. The van der Waals surface area contributed by atoms with Gasteiger partial charge in [-0.25, -0.2) is 4.98 Å². The molecular formula is C15H20ClN5O. The van der Waals surface area contributed by atoms with Crippen molar-refractivity contribution in [2.75, 3.05) is 5.32 Å². The molecule has 3 rings (SSSR count). The highest BCUT2D eigenvalue weighted by atomic mass is 35.5. The number of H-pyrrole nitrogens is 1. The summed E-state index contributed by atoms with van der Waals surface area (Å²) in [5.74, 6) is 1.94. The first-order chi connectivity index (χ1) is 10.2. The molecule has 0 saturated heterocycles. The van der Waals surface area contributed by atoms with Gasteiger partial charge in [-0.15, -0.1) is 12.4 Å². The number of amides is 1. The molecule has 118 valence electrons. The fourth-order valence-corrected chi connectivity index (χ4v) is 2.39. The lowest BCUT2D eigenvalue weighted by molar-refractivity contribution is -0.117. The van der Waals surface area contributed by atoms with Crippen molar-refractivity contribution in [1.29, 1.82) is 0 Å². The zero-order valence-electron chi connectivity index (χ0n) is 12.2. The second-order valence-corrected chi connectivity index (χ2v) is 5.44. The monoisotopic (exact) mass is 321 g/mol. The van der Waals surface area contributed by atoms with Gasteiger partial charge in [-0.1, -0.05) is 6.42 Å². The Morgan fingerprint density at radius 2 is 2.05 bits per heavy atom. The topological polar surface area (TPSA) is 96.7 Å². The summed E-state index contributed by atoms with van der Waals surface area (Å²) in [4.78, 5) is 16.1. The van der Waals surface area contributed by atoms with Crippen molar-refractivity contribution in [3.05, 3.63) is 30.1 Å². The smallest absolute Gasteiger partial charge is 0.224 e. The third kappa shape index (κ3) is 3.84. The van der Waals surface area contributed by atoms with Gasteiger partial charge in [0.05, 0.1) is 6.54 Å². The first-order valence-corrected chi connectivity index (χ1v) is 7.26. The quantitative estimate of drug-likeness (QED) is 0.788. The predicted molar refractivity (Wildman–Crippen MR) is 87.5 cm³/mol. The lowest BCUT2D eigenvalue weighted by Crippen LogP contribution is -2.20. The van der Waals surface area contributed by atoms with Gasteiger partial charge in [0.1, 0.15) is 5.82 Å². The van der Waals surface area contributed by atoms with Crippen LogP contribution in [0.2, 0.25) is 0 Å². The predicted octanol–water partition coefficient (Wildman–Crippen LogP) is 2.48. The van der Waals surface area contributed by atoms with Crippen molar-refractivity contribution >= 4 is 24.0 Å². The van der Waals surface area contributed by atoms with E-state index in [1.54, 1.807) is 0 Å². The SMILES string of the molecule is Cl.NCc1nc(-c2ccc(NC(=O)CC3CCC3)cc2)n[nH]1. The summed E-state index contributed by atoms with van der Waals surface area (Å²) in [6, 6.07) is 7.52. The third-order valence-corrected chi connectivity index (χ3v) is 3.85. The van der Waals surface area contributed by atoms with E-state index in [0.717, 1.165) is 11.3 Å². The average Bonchev–Trinajstić information content (AvgIpc) is 2.93. The number of nitrogens with two attached hydrogens (primary N) is 1. The first kappa shape index (κ1) is 16.5. The molecule has 0 unspecified atom stereocenters. The van der Waals surface area contributed by atoms with Gasteiger partial charge >= 0.3 is 0 Å². The number of hydrogen-bond donors (Lipinski definition) is 3. The van der Waals surface area contributed by atoms with E-state index >= 15 is 0 Å². The highest BCUT2D eigenvalue weighted by molar-refractivity contribution is 5.91. The van der Waals surface area contributed by atoms with Gasteiger partial charge in [0.25, 0.3) is 0 Å². The number of nitrogens with one attached hydrogen (secondary N) is 2. The van der Waals surface area contributed by atoms with Gasteiger partial charge in [0.15, 0.2) is 5.82 Å². The van der Waals surface area contributed by atoms with Crippen LogP contribution in [0.4, 0.5) is 5.69 Å². The molecule has 0 bridgehead atoms. The fourth-order valence-electron chi connectivity index (χ4n) is 2.39. The van der Waals surface area contributed by atoms with E-state index in [9.17, 15) is 4.79 Å². The van der Waals surface area contributed by atoms with Crippen molar-refractivity contribution in [2.24, 2.45) is 11.7 Å². The summed E-state index contributed by atoms with van der Waals surface area (Å²) in [5, 5.41) is 9.81. The Morgan fingerprint density at radius 1 is 1.32 bits per heavy atom. The van der Waals surface area contributed by atoms with Gasteiger partial charge in [-0.3, -0.25) is 9.89 Å². The van der Waals surface area contributed by atoms with Crippen molar-refractivity contribution in [2.45, 2.75) is 32.2 Å². The second kappa shape index (κ2) is 7.38. The molecule has 1 aliphatic carbocycles. The Bertz CT molecular complexity index is 621. The molecule has 1 heterocycles. The van der Waals surface area contributed by atoms with E-state index in [4.69, 9.17) is 5.73 Å². The molecule has 22 heavy (non-hydrogen) atoms. The van der Waals surface area contributed by atoms with E-state index in [-0.39, 0.29) is 18.3 Å². The number of carbonyl (C=O) groups excluding carboxylic acids is 1. The number of halogens is 1. The van der Waals surface area contributed by atoms with Crippen LogP contribution < -0.4 is 11.1 Å². The highest BCUT2D eigenvalue weighted by Gasteiger charge is 2.20. The minimum absolute atomic E-state index is 0. The van der Waals surface area contributed by atoms with Crippen LogP contribution in [0.15, 0.2) is 24.3 Å². The molecule has 1 aromatic carbocycles.